The fourth-order valence-electron chi connectivity index (χ4n) is 1.28. The van der Waals surface area contributed by atoms with E-state index in [0.717, 1.165) is 0 Å². The molecule has 2 N–H and O–H groups in total. The van der Waals surface area contributed by atoms with Crippen LogP contribution in [0, 0.1) is 0 Å². The lowest BCUT2D eigenvalue weighted by Gasteiger charge is -2.07. The van der Waals surface area contributed by atoms with E-state index in [1.807, 2.05) is 0 Å². The van der Waals surface area contributed by atoms with Crippen molar-refractivity contribution < 1.29 is 19.7 Å². The lowest BCUT2D eigenvalue weighted by atomic mass is 10.3. The SMILES string of the molecule is CC(=O)OC1CC(O)C(O)C1. The van der Waals surface area contributed by atoms with Gasteiger partial charge in [0.05, 0.1) is 12.2 Å². The molecule has 1 aliphatic carbocycles. The van der Waals surface area contributed by atoms with Gasteiger partial charge in [0.2, 0.25) is 0 Å². The molecule has 1 aliphatic rings. The zero-order chi connectivity index (χ0) is 8.43. The molecule has 0 bridgehead atoms. The van der Waals surface area contributed by atoms with Crippen LogP contribution in [0.4, 0.5) is 0 Å². The van der Waals surface area contributed by atoms with E-state index in [2.05, 4.69) is 0 Å². The Balaban J connectivity index is 2.35. The van der Waals surface area contributed by atoms with Crippen LogP contribution in [0.15, 0.2) is 0 Å². The van der Waals surface area contributed by atoms with E-state index in [1.165, 1.54) is 6.92 Å². The smallest absolute Gasteiger partial charge is 0.302 e. The quantitative estimate of drug-likeness (QED) is 0.504. The summed E-state index contributed by atoms with van der Waals surface area (Å²) in [6.07, 6.45) is -1.09. The van der Waals surface area contributed by atoms with E-state index in [0.29, 0.717) is 12.8 Å². The van der Waals surface area contributed by atoms with E-state index in [-0.39, 0.29) is 12.1 Å². The average Bonchev–Trinajstić information content (AvgIpc) is 2.10. The molecule has 0 aromatic heterocycles. The van der Waals surface area contributed by atoms with Gasteiger partial charge in [-0.2, -0.15) is 0 Å². The maximum absolute atomic E-state index is 10.4. The molecule has 0 aromatic carbocycles. The van der Waals surface area contributed by atoms with E-state index in [1.54, 1.807) is 0 Å². The molecule has 0 aromatic rings. The second-order valence-corrected chi connectivity index (χ2v) is 2.84. The molecule has 0 saturated heterocycles. The Morgan fingerprint density at radius 3 is 2.18 bits per heavy atom. The van der Waals surface area contributed by atoms with Gasteiger partial charge in [-0.25, -0.2) is 0 Å². The fourth-order valence-corrected chi connectivity index (χ4v) is 1.28. The van der Waals surface area contributed by atoms with Crippen LogP contribution < -0.4 is 0 Å². The number of rotatable bonds is 1. The molecule has 0 spiro atoms. The molecule has 0 heterocycles. The van der Waals surface area contributed by atoms with Gasteiger partial charge in [-0.1, -0.05) is 0 Å². The Morgan fingerprint density at radius 2 is 1.82 bits per heavy atom. The number of aliphatic hydroxyl groups is 2. The standard InChI is InChI=1S/C7H12O4/c1-4(8)11-5-2-6(9)7(10)3-5/h5-7,9-10H,2-3H2,1H3. The summed E-state index contributed by atoms with van der Waals surface area (Å²) in [5.74, 6) is -0.365. The lowest BCUT2D eigenvalue weighted by molar-refractivity contribution is -0.146. The van der Waals surface area contributed by atoms with Gasteiger partial charge in [-0.3, -0.25) is 4.79 Å². The number of carbonyl (C=O) groups is 1. The first kappa shape index (κ1) is 8.49. The summed E-state index contributed by atoms with van der Waals surface area (Å²) >= 11 is 0. The number of ether oxygens (including phenoxy) is 1. The number of hydrogen-bond donors (Lipinski definition) is 2. The minimum atomic E-state index is -0.737. The second-order valence-electron chi connectivity index (χ2n) is 2.84. The highest BCUT2D eigenvalue weighted by Crippen LogP contribution is 2.22. The summed E-state index contributed by atoms with van der Waals surface area (Å²) < 4.78 is 4.79. The lowest BCUT2D eigenvalue weighted by Crippen LogP contribution is -2.17. The minimum absolute atomic E-state index is 0.308. The van der Waals surface area contributed by atoms with E-state index in [9.17, 15) is 4.79 Å². The van der Waals surface area contributed by atoms with Gasteiger partial charge >= 0.3 is 5.97 Å². The topological polar surface area (TPSA) is 66.8 Å². The summed E-state index contributed by atoms with van der Waals surface area (Å²) in [4.78, 5) is 10.4. The summed E-state index contributed by atoms with van der Waals surface area (Å²) in [5, 5.41) is 18.1. The predicted molar refractivity (Wildman–Crippen MR) is 36.8 cm³/mol. The highest BCUT2D eigenvalue weighted by atomic mass is 16.5. The van der Waals surface area contributed by atoms with Gasteiger partial charge in [0.25, 0.3) is 0 Å². The molecule has 64 valence electrons. The molecule has 4 nitrogen and oxygen atoms in total. The summed E-state index contributed by atoms with van der Waals surface area (Å²) in [6, 6.07) is 0. The van der Waals surface area contributed by atoms with Crippen LogP contribution in [0.5, 0.6) is 0 Å². The Kier molecular flexibility index (Phi) is 2.46. The Hall–Kier alpha value is -0.610. The molecule has 4 heteroatoms. The van der Waals surface area contributed by atoms with Crippen molar-refractivity contribution in [1.29, 1.82) is 0 Å². The second kappa shape index (κ2) is 3.19. The van der Waals surface area contributed by atoms with Gasteiger partial charge in [0, 0.05) is 19.8 Å². The third kappa shape index (κ3) is 2.17. The number of aliphatic hydroxyl groups excluding tert-OH is 2. The zero-order valence-electron chi connectivity index (χ0n) is 6.36. The maximum Gasteiger partial charge on any atom is 0.302 e. The van der Waals surface area contributed by atoms with E-state index >= 15 is 0 Å². The van der Waals surface area contributed by atoms with Crippen LogP contribution in [0.1, 0.15) is 19.8 Å². The monoisotopic (exact) mass is 160 g/mol. The normalized spacial score (nSPS) is 37.2. The number of esters is 1. The van der Waals surface area contributed by atoms with Crippen molar-refractivity contribution in [3.8, 4) is 0 Å². The minimum Gasteiger partial charge on any atom is -0.462 e. The van der Waals surface area contributed by atoms with Crippen LogP contribution in [0.25, 0.3) is 0 Å². The Bertz CT molecular complexity index is 147. The first-order valence-electron chi connectivity index (χ1n) is 3.63. The van der Waals surface area contributed by atoms with Crippen LogP contribution in [0.2, 0.25) is 0 Å². The van der Waals surface area contributed by atoms with Crippen molar-refractivity contribution in [1.82, 2.24) is 0 Å². The first-order valence-corrected chi connectivity index (χ1v) is 3.63. The summed E-state index contributed by atoms with van der Waals surface area (Å²) in [5.41, 5.74) is 0. The number of carbonyl (C=O) groups excluding carboxylic acids is 1. The van der Waals surface area contributed by atoms with Crippen LogP contribution >= 0.6 is 0 Å². The molecule has 0 amide bonds. The first-order chi connectivity index (χ1) is 5.09. The van der Waals surface area contributed by atoms with Gasteiger partial charge in [0.15, 0.2) is 0 Å². The average molecular weight is 160 g/mol. The highest BCUT2D eigenvalue weighted by Gasteiger charge is 2.33. The largest absolute Gasteiger partial charge is 0.462 e. The number of hydrogen-bond acceptors (Lipinski definition) is 4. The molecule has 2 atom stereocenters. The van der Waals surface area contributed by atoms with Gasteiger partial charge in [-0.05, 0) is 0 Å². The third-order valence-corrected chi connectivity index (χ3v) is 1.79. The summed E-state index contributed by atoms with van der Waals surface area (Å²) in [6.45, 7) is 1.32. The van der Waals surface area contributed by atoms with Crippen LogP contribution in [0.3, 0.4) is 0 Å². The fraction of sp³-hybridized carbons (Fsp3) is 0.857. The molecule has 0 aliphatic heterocycles. The van der Waals surface area contributed by atoms with Crippen molar-refractivity contribution in [2.24, 2.45) is 0 Å². The van der Waals surface area contributed by atoms with Gasteiger partial charge in [-0.15, -0.1) is 0 Å². The zero-order valence-corrected chi connectivity index (χ0v) is 6.36. The van der Waals surface area contributed by atoms with Gasteiger partial charge in [0.1, 0.15) is 6.10 Å². The van der Waals surface area contributed by atoms with Crippen molar-refractivity contribution in [3.63, 3.8) is 0 Å². The van der Waals surface area contributed by atoms with Crippen molar-refractivity contribution in [2.75, 3.05) is 0 Å². The van der Waals surface area contributed by atoms with Crippen LogP contribution in [-0.2, 0) is 9.53 Å². The molecule has 11 heavy (non-hydrogen) atoms. The molecule has 1 rings (SSSR count). The Morgan fingerprint density at radius 1 is 1.36 bits per heavy atom. The van der Waals surface area contributed by atoms with E-state index < -0.39 is 12.2 Å². The van der Waals surface area contributed by atoms with Crippen molar-refractivity contribution >= 4 is 5.97 Å². The Labute approximate surface area is 64.8 Å². The molecule has 1 saturated carbocycles. The predicted octanol–water partition coefficient (Wildman–Crippen LogP) is -0.566. The molecular formula is C7H12O4. The molecule has 0 radical (unpaired) electrons. The molecule has 1 fully saturated rings. The van der Waals surface area contributed by atoms with Crippen molar-refractivity contribution in [2.45, 2.75) is 38.1 Å². The van der Waals surface area contributed by atoms with Crippen LogP contribution in [-0.4, -0.2) is 34.5 Å². The van der Waals surface area contributed by atoms with E-state index in [4.69, 9.17) is 14.9 Å². The maximum atomic E-state index is 10.4. The van der Waals surface area contributed by atoms with Crippen molar-refractivity contribution in [3.05, 3.63) is 0 Å². The third-order valence-electron chi connectivity index (χ3n) is 1.79. The summed E-state index contributed by atoms with van der Waals surface area (Å²) in [7, 11) is 0. The molecule has 2 unspecified atom stereocenters. The molecular weight excluding hydrogens is 148 g/mol. The highest BCUT2D eigenvalue weighted by molar-refractivity contribution is 5.66. The van der Waals surface area contributed by atoms with Gasteiger partial charge < -0.3 is 14.9 Å².